The zero-order valence-electron chi connectivity index (χ0n) is 15.6. The molecule has 10 heteroatoms. The molecule has 0 unspecified atom stereocenters. The molecule has 0 atom stereocenters. The Morgan fingerprint density at radius 1 is 0.464 bits per heavy atom. The lowest BCUT2D eigenvalue weighted by atomic mass is 10.5. The van der Waals surface area contributed by atoms with Gasteiger partial charge >= 0.3 is 0 Å². The van der Waals surface area contributed by atoms with Gasteiger partial charge in [-0.25, -0.2) is 0 Å². The maximum Gasteiger partial charge on any atom is 0.0943 e. The normalized spacial score (nSPS) is 11.6. The molecule has 4 rings (SSSR count). The summed E-state index contributed by atoms with van der Waals surface area (Å²) in [5.74, 6) is 0. The second-order valence-corrected chi connectivity index (χ2v) is 6.54. The fourth-order valence-corrected chi connectivity index (χ4v) is 3.01. The zero-order valence-corrected chi connectivity index (χ0v) is 15.6. The number of hydrogen-bond acceptors (Lipinski definition) is 6. The summed E-state index contributed by atoms with van der Waals surface area (Å²) in [6.07, 6.45) is 15.1. The van der Waals surface area contributed by atoms with Crippen molar-refractivity contribution in [3.05, 3.63) is 73.8 Å². The molecule has 4 aromatic heterocycles. The van der Waals surface area contributed by atoms with Gasteiger partial charge in [0.05, 0.1) is 26.7 Å². The van der Waals surface area contributed by atoms with E-state index in [0.717, 1.165) is 13.1 Å². The van der Waals surface area contributed by atoms with Crippen molar-refractivity contribution in [2.75, 3.05) is 13.1 Å². The van der Waals surface area contributed by atoms with E-state index < -0.39 is 0 Å². The predicted molar refractivity (Wildman–Crippen MR) is 102 cm³/mol. The SMILES string of the molecule is c1cnn(CN(CCN(Cn2cccn2)Cn2cccn2)Cn2cccn2)c1. The van der Waals surface area contributed by atoms with Crippen molar-refractivity contribution in [2.45, 2.75) is 26.7 Å². The monoisotopic (exact) mass is 380 g/mol. The minimum absolute atomic E-state index is 0.699. The molecular weight excluding hydrogens is 356 g/mol. The summed E-state index contributed by atoms with van der Waals surface area (Å²) < 4.78 is 7.70. The van der Waals surface area contributed by atoms with Crippen molar-refractivity contribution in [1.29, 1.82) is 0 Å². The van der Waals surface area contributed by atoms with Gasteiger partial charge in [0.2, 0.25) is 0 Å². The minimum atomic E-state index is 0.699. The standard InChI is InChI=1S/C18H24N10/c1-5-19-25(9-1)15-23(16-26-10-2-6-20-26)13-14-24(17-27-11-3-7-21-27)18-28-12-4-8-22-28/h1-12H,13-18H2. The molecule has 0 saturated carbocycles. The van der Waals surface area contributed by atoms with E-state index in [9.17, 15) is 0 Å². The molecule has 0 fully saturated rings. The number of rotatable bonds is 11. The predicted octanol–water partition coefficient (Wildman–Crippen LogP) is 1.01. The summed E-state index contributed by atoms with van der Waals surface area (Å²) in [5.41, 5.74) is 0. The van der Waals surface area contributed by atoms with E-state index in [1.807, 2.05) is 67.8 Å². The molecule has 4 aromatic rings. The summed E-state index contributed by atoms with van der Waals surface area (Å²) in [5, 5.41) is 17.4. The molecule has 28 heavy (non-hydrogen) atoms. The maximum atomic E-state index is 4.34. The van der Waals surface area contributed by atoms with Gasteiger partial charge in [-0.1, -0.05) is 0 Å². The molecule has 4 heterocycles. The molecule has 0 spiro atoms. The van der Waals surface area contributed by atoms with Gasteiger partial charge in [-0.2, -0.15) is 20.4 Å². The zero-order chi connectivity index (χ0) is 19.0. The molecule has 0 N–H and O–H groups in total. The number of hydrogen-bond donors (Lipinski definition) is 0. The Kier molecular flexibility index (Phi) is 5.90. The third kappa shape index (κ3) is 5.15. The van der Waals surface area contributed by atoms with Crippen LogP contribution in [0.25, 0.3) is 0 Å². The van der Waals surface area contributed by atoms with Gasteiger partial charge in [-0.05, 0) is 24.3 Å². The van der Waals surface area contributed by atoms with E-state index in [-0.39, 0.29) is 0 Å². The number of nitrogens with zero attached hydrogens (tertiary/aromatic N) is 10. The van der Waals surface area contributed by atoms with Gasteiger partial charge in [0.15, 0.2) is 0 Å². The molecule has 0 aliphatic rings. The van der Waals surface area contributed by atoms with Crippen LogP contribution in [0.15, 0.2) is 73.8 Å². The third-order valence-electron chi connectivity index (χ3n) is 4.35. The molecule has 0 aliphatic heterocycles. The van der Waals surface area contributed by atoms with Crippen LogP contribution in [0.3, 0.4) is 0 Å². The van der Waals surface area contributed by atoms with Crippen LogP contribution in [0.5, 0.6) is 0 Å². The molecule has 0 bridgehead atoms. The summed E-state index contributed by atoms with van der Waals surface area (Å²) >= 11 is 0. The van der Waals surface area contributed by atoms with Gasteiger partial charge in [-0.3, -0.25) is 28.5 Å². The lowest BCUT2D eigenvalue weighted by Crippen LogP contribution is -2.39. The van der Waals surface area contributed by atoms with Crippen LogP contribution >= 0.6 is 0 Å². The Morgan fingerprint density at radius 3 is 0.964 bits per heavy atom. The van der Waals surface area contributed by atoms with E-state index in [0.29, 0.717) is 26.7 Å². The Hall–Kier alpha value is -3.24. The van der Waals surface area contributed by atoms with Crippen LogP contribution in [0.4, 0.5) is 0 Å². The summed E-state index contributed by atoms with van der Waals surface area (Å²) in [6.45, 7) is 4.49. The van der Waals surface area contributed by atoms with Gasteiger partial charge in [0.25, 0.3) is 0 Å². The van der Waals surface area contributed by atoms with Gasteiger partial charge < -0.3 is 0 Å². The number of aromatic nitrogens is 8. The van der Waals surface area contributed by atoms with Crippen molar-refractivity contribution >= 4 is 0 Å². The van der Waals surface area contributed by atoms with E-state index in [4.69, 9.17) is 0 Å². The minimum Gasteiger partial charge on any atom is -0.264 e. The van der Waals surface area contributed by atoms with Crippen LogP contribution in [-0.2, 0) is 26.7 Å². The Labute approximate surface area is 163 Å². The van der Waals surface area contributed by atoms with Crippen molar-refractivity contribution < 1.29 is 0 Å². The lowest BCUT2D eigenvalue weighted by Gasteiger charge is -2.27. The second-order valence-electron chi connectivity index (χ2n) is 6.54. The van der Waals surface area contributed by atoms with Crippen LogP contribution in [0.2, 0.25) is 0 Å². The van der Waals surface area contributed by atoms with Crippen LogP contribution in [0, 0.1) is 0 Å². The van der Waals surface area contributed by atoms with E-state index in [2.05, 4.69) is 30.2 Å². The average Bonchev–Trinajstić information content (AvgIpc) is 3.47. The van der Waals surface area contributed by atoms with E-state index in [1.54, 1.807) is 24.8 Å². The molecule has 0 aliphatic carbocycles. The molecular formula is C18H24N10. The Bertz CT molecular complexity index is 732. The maximum absolute atomic E-state index is 4.34. The molecule has 10 nitrogen and oxygen atoms in total. The Balaban J connectivity index is 1.41. The van der Waals surface area contributed by atoms with Crippen molar-refractivity contribution in [3.8, 4) is 0 Å². The van der Waals surface area contributed by atoms with Crippen LogP contribution in [-0.4, -0.2) is 62.0 Å². The Morgan fingerprint density at radius 2 is 0.750 bits per heavy atom. The van der Waals surface area contributed by atoms with Crippen LogP contribution < -0.4 is 0 Å². The second kappa shape index (κ2) is 9.11. The summed E-state index contributed by atoms with van der Waals surface area (Å²) in [6, 6.07) is 7.75. The third-order valence-corrected chi connectivity index (χ3v) is 4.35. The summed E-state index contributed by atoms with van der Waals surface area (Å²) in [7, 11) is 0. The first-order valence-electron chi connectivity index (χ1n) is 9.19. The van der Waals surface area contributed by atoms with Crippen molar-refractivity contribution in [1.82, 2.24) is 48.9 Å². The van der Waals surface area contributed by atoms with E-state index in [1.165, 1.54) is 0 Å². The highest BCUT2D eigenvalue weighted by atomic mass is 15.5. The largest absolute Gasteiger partial charge is 0.264 e. The topological polar surface area (TPSA) is 77.8 Å². The first kappa shape index (κ1) is 18.1. The van der Waals surface area contributed by atoms with Gasteiger partial charge in [0, 0.05) is 62.7 Å². The molecule has 0 aromatic carbocycles. The highest BCUT2D eigenvalue weighted by molar-refractivity contribution is 4.81. The lowest BCUT2D eigenvalue weighted by molar-refractivity contribution is 0.0944. The van der Waals surface area contributed by atoms with Crippen molar-refractivity contribution in [3.63, 3.8) is 0 Å². The first-order chi connectivity index (χ1) is 13.8. The quantitative estimate of drug-likeness (QED) is 0.386. The highest BCUT2D eigenvalue weighted by Crippen LogP contribution is 2.02. The van der Waals surface area contributed by atoms with E-state index >= 15 is 0 Å². The fourth-order valence-electron chi connectivity index (χ4n) is 3.01. The molecule has 0 saturated heterocycles. The summed E-state index contributed by atoms with van der Waals surface area (Å²) in [4.78, 5) is 4.61. The smallest absolute Gasteiger partial charge is 0.0943 e. The highest BCUT2D eigenvalue weighted by Gasteiger charge is 2.12. The molecule has 0 radical (unpaired) electrons. The fraction of sp³-hybridized carbons (Fsp3) is 0.333. The average molecular weight is 380 g/mol. The van der Waals surface area contributed by atoms with Gasteiger partial charge in [0.1, 0.15) is 0 Å². The van der Waals surface area contributed by atoms with Gasteiger partial charge in [-0.15, -0.1) is 0 Å². The first-order valence-corrected chi connectivity index (χ1v) is 9.19. The molecule has 0 amide bonds. The molecule has 146 valence electrons. The van der Waals surface area contributed by atoms with Crippen molar-refractivity contribution in [2.24, 2.45) is 0 Å². The van der Waals surface area contributed by atoms with Crippen LogP contribution in [0.1, 0.15) is 0 Å².